The average Bonchev–Trinajstić information content (AvgIpc) is 3.25. The van der Waals surface area contributed by atoms with Crippen molar-refractivity contribution in [3.05, 3.63) is 23.8 Å². The standard InChI is InChI=1S/C26H40O9/c1-14-4-7-18-25(2,16(14)6-5-15-9-11-33-23(15)32)10-8-19(26(18,3)13-28)35-24-22(31)21(30)20(29)17(12-27)34-24/h9,16-22,24,27-31H,1,4-8,10-13H2,2-3H3/t16-,17-,18?,19-,20+,21-,22-,24-,25+,26+/m1/s1. The fraction of sp³-hybridized carbons (Fsp3) is 0.808. The lowest BCUT2D eigenvalue weighted by molar-refractivity contribution is -0.330. The third-order valence-corrected chi connectivity index (χ3v) is 9.31. The van der Waals surface area contributed by atoms with E-state index in [2.05, 4.69) is 13.5 Å². The van der Waals surface area contributed by atoms with E-state index in [9.17, 15) is 30.3 Å². The van der Waals surface area contributed by atoms with Crippen LogP contribution in [0.1, 0.15) is 52.4 Å². The van der Waals surface area contributed by atoms with Gasteiger partial charge in [0.05, 0.1) is 19.3 Å². The maximum Gasteiger partial charge on any atom is 0.334 e. The third-order valence-electron chi connectivity index (χ3n) is 9.31. The van der Waals surface area contributed by atoms with Gasteiger partial charge in [-0.15, -0.1) is 0 Å². The molecule has 9 heteroatoms. The molecule has 2 aliphatic heterocycles. The Kier molecular flexibility index (Phi) is 7.79. The number of carbonyl (C=O) groups is 1. The number of esters is 1. The minimum Gasteiger partial charge on any atom is -0.458 e. The van der Waals surface area contributed by atoms with Crippen LogP contribution in [-0.4, -0.2) is 88.1 Å². The Balaban J connectivity index is 1.53. The van der Waals surface area contributed by atoms with Crippen molar-refractivity contribution in [3.63, 3.8) is 0 Å². The Labute approximate surface area is 206 Å². The van der Waals surface area contributed by atoms with Gasteiger partial charge in [0, 0.05) is 11.0 Å². The molecule has 4 rings (SSSR count). The van der Waals surface area contributed by atoms with E-state index < -0.39 is 48.8 Å². The summed E-state index contributed by atoms with van der Waals surface area (Å²) in [6.07, 6.45) is -0.907. The number of hydrogen-bond acceptors (Lipinski definition) is 9. The first kappa shape index (κ1) is 26.7. The molecule has 0 amide bonds. The first-order chi connectivity index (χ1) is 16.6. The lowest BCUT2D eigenvalue weighted by Gasteiger charge is -2.61. The molecule has 5 N–H and O–H groups in total. The van der Waals surface area contributed by atoms with Crippen molar-refractivity contribution in [2.24, 2.45) is 22.7 Å². The molecule has 4 aliphatic rings. The van der Waals surface area contributed by atoms with Crippen LogP contribution in [0.4, 0.5) is 0 Å². The maximum atomic E-state index is 11.9. The van der Waals surface area contributed by atoms with E-state index in [1.54, 1.807) is 0 Å². The second-order valence-corrected chi connectivity index (χ2v) is 11.2. The van der Waals surface area contributed by atoms with Crippen molar-refractivity contribution >= 4 is 5.97 Å². The Bertz CT molecular complexity index is 841. The van der Waals surface area contributed by atoms with Crippen LogP contribution in [0.2, 0.25) is 0 Å². The van der Waals surface area contributed by atoms with Crippen LogP contribution in [0.25, 0.3) is 0 Å². The van der Waals surface area contributed by atoms with E-state index in [0.717, 1.165) is 25.7 Å². The zero-order valence-electron chi connectivity index (χ0n) is 20.6. The monoisotopic (exact) mass is 496 g/mol. The fourth-order valence-electron chi connectivity index (χ4n) is 7.18. The van der Waals surface area contributed by atoms with Crippen LogP contribution >= 0.6 is 0 Å². The molecule has 0 aromatic carbocycles. The predicted octanol–water partition coefficient (Wildman–Crippen LogP) is 0.816. The van der Waals surface area contributed by atoms with Crippen LogP contribution in [-0.2, 0) is 19.0 Å². The van der Waals surface area contributed by atoms with E-state index in [1.165, 1.54) is 5.57 Å². The van der Waals surface area contributed by atoms with Gasteiger partial charge in [-0.1, -0.05) is 26.0 Å². The summed E-state index contributed by atoms with van der Waals surface area (Å²) in [5.74, 6) is 0.0169. The smallest absolute Gasteiger partial charge is 0.334 e. The molecule has 0 spiro atoms. The molecule has 3 fully saturated rings. The quantitative estimate of drug-likeness (QED) is 0.196. The number of fused-ring (bicyclic) bond motifs is 1. The first-order valence-electron chi connectivity index (χ1n) is 12.7. The predicted molar refractivity (Wildman–Crippen MR) is 125 cm³/mol. The lowest BCUT2D eigenvalue weighted by atomic mass is 9.46. The molecule has 10 atom stereocenters. The van der Waals surface area contributed by atoms with E-state index in [0.29, 0.717) is 25.0 Å². The summed E-state index contributed by atoms with van der Waals surface area (Å²) >= 11 is 0. The number of carbonyl (C=O) groups excluding carboxylic acids is 1. The highest BCUT2D eigenvalue weighted by Crippen LogP contribution is 2.62. The van der Waals surface area contributed by atoms with Crippen molar-refractivity contribution in [3.8, 4) is 0 Å². The van der Waals surface area contributed by atoms with Gasteiger partial charge in [0.25, 0.3) is 0 Å². The van der Waals surface area contributed by atoms with Crippen molar-refractivity contribution in [1.29, 1.82) is 0 Å². The van der Waals surface area contributed by atoms with Gasteiger partial charge in [-0.05, 0) is 61.9 Å². The molecule has 35 heavy (non-hydrogen) atoms. The highest BCUT2D eigenvalue weighted by molar-refractivity contribution is 5.90. The van der Waals surface area contributed by atoms with Crippen molar-refractivity contribution in [1.82, 2.24) is 0 Å². The van der Waals surface area contributed by atoms with Crippen LogP contribution in [0.3, 0.4) is 0 Å². The second kappa shape index (κ2) is 10.2. The molecule has 2 saturated carbocycles. The number of ether oxygens (including phenoxy) is 3. The molecular weight excluding hydrogens is 456 g/mol. The number of aliphatic hydroxyl groups is 5. The highest BCUT2D eigenvalue weighted by Gasteiger charge is 2.59. The molecule has 9 nitrogen and oxygen atoms in total. The van der Waals surface area contributed by atoms with Gasteiger partial charge in [0.15, 0.2) is 6.29 Å². The second-order valence-electron chi connectivity index (χ2n) is 11.2. The minimum absolute atomic E-state index is 0.0867. The Morgan fingerprint density at radius 2 is 1.89 bits per heavy atom. The molecule has 1 saturated heterocycles. The van der Waals surface area contributed by atoms with Gasteiger partial charge in [-0.3, -0.25) is 0 Å². The molecular formula is C26H40O9. The molecule has 0 bridgehead atoms. The normalized spacial score (nSPS) is 46.2. The Morgan fingerprint density at radius 3 is 2.51 bits per heavy atom. The largest absolute Gasteiger partial charge is 0.458 e. The highest BCUT2D eigenvalue weighted by atomic mass is 16.7. The van der Waals surface area contributed by atoms with Crippen molar-refractivity contribution in [2.45, 2.75) is 89.2 Å². The van der Waals surface area contributed by atoms with Gasteiger partial charge in [0.2, 0.25) is 0 Å². The van der Waals surface area contributed by atoms with Gasteiger partial charge < -0.3 is 39.7 Å². The molecule has 2 aliphatic carbocycles. The van der Waals surface area contributed by atoms with E-state index in [1.807, 2.05) is 13.0 Å². The number of cyclic esters (lactones) is 1. The van der Waals surface area contributed by atoms with Crippen LogP contribution in [0.5, 0.6) is 0 Å². The van der Waals surface area contributed by atoms with Gasteiger partial charge in [-0.2, -0.15) is 0 Å². The fourth-order valence-corrected chi connectivity index (χ4v) is 7.18. The van der Waals surface area contributed by atoms with Gasteiger partial charge in [-0.25, -0.2) is 4.79 Å². The maximum absolute atomic E-state index is 11.9. The molecule has 0 aromatic rings. The van der Waals surface area contributed by atoms with Gasteiger partial charge in [0.1, 0.15) is 31.0 Å². The molecule has 2 heterocycles. The van der Waals surface area contributed by atoms with E-state index in [4.69, 9.17) is 14.2 Å². The van der Waals surface area contributed by atoms with Crippen LogP contribution < -0.4 is 0 Å². The minimum atomic E-state index is -1.51. The molecule has 0 radical (unpaired) electrons. The van der Waals surface area contributed by atoms with Crippen LogP contribution in [0, 0.1) is 22.7 Å². The SMILES string of the molecule is C=C1CCC2[C@](C)(CO)[C@H](O[C@H]3O[C@H](CO)[C@H](O)[C@@H](O)[C@H]3O)CC[C@@]2(C)[C@@H]1CCC1=CCOC1=O. The number of allylic oxidation sites excluding steroid dienone is 1. The number of hydrogen-bond donors (Lipinski definition) is 5. The third kappa shape index (κ3) is 4.61. The summed E-state index contributed by atoms with van der Waals surface area (Å²) < 4.78 is 16.9. The lowest BCUT2D eigenvalue weighted by Crippen LogP contribution is -2.63. The zero-order valence-corrected chi connectivity index (χ0v) is 20.6. The average molecular weight is 497 g/mol. The molecule has 0 aromatic heterocycles. The topological polar surface area (TPSA) is 146 Å². The summed E-state index contributed by atoms with van der Waals surface area (Å²) in [5.41, 5.74) is 1.07. The molecule has 198 valence electrons. The van der Waals surface area contributed by atoms with Gasteiger partial charge >= 0.3 is 5.97 Å². The molecule has 1 unspecified atom stereocenters. The number of aliphatic hydroxyl groups excluding tert-OH is 5. The van der Waals surface area contributed by atoms with Crippen molar-refractivity contribution < 1.29 is 44.5 Å². The first-order valence-corrected chi connectivity index (χ1v) is 12.7. The Hall–Kier alpha value is -1.33. The summed E-state index contributed by atoms with van der Waals surface area (Å²) in [6.45, 7) is 8.27. The summed E-state index contributed by atoms with van der Waals surface area (Å²) in [6, 6.07) is 0. The van der Waals surface area contributed by atoms with Crippen molar-refractivity contribution in [2.75, 3.05) is 19.8 Å². The number of rotatable bonds is 7. The van der Waals surface area contributed by atoms with E-state index in [-0.39, 0.29) is 29.8 Å². The summed E-state index contributed by atoms with van der Waals surface area (Å²) in [4.78, 5) is 11.9. The summed E-state index contributed by atoms with van der Waals surface area (Å²) in [7, 11) is 0. The zero-order chi connectivity index (χ0) is 25.5. The van der Waals surface area contributed by atoms with E-state index >= 15 is 0 Å². The summed E-state index contributed by atoms with van der Waals surface area (Å²) in [5, 5.41) is 50.9. The van der Waals surface area contributed by atoms with Crippen LogP contribution in [0.15, 0.2) is 23.8 Å². The Morgan fingerprint density at radius 1 is 1.14 bits per heavy atom.